The molecule has 74 valence electrons. The minimum absolute atomic E-state index is 0.0320. The first-order valence-electron chi connectivity index (χ1n) is 4.86. The van der Waals surface area contributed by atoms with Crippen molar-refractivity contribution in [3.63, 3.8) is 0 Å². The van der Waals surface area contributed by atoms with Crippen molar-refractivity contribution in [2.24, 2.45) is 11.1 Å². The third-order valence-corrected chi connectivity index (χ3v) is 3.54. The van der Waals surface area contributed by atoms with Crippen LogP contribution in [0, 0.1) is 5.41 Å². The Labute approximate surface area is 78.5 Å². The van der Waals surface area contributed by atoms with E-state index in [9.17, 15) is 4.79 Å². The zero-order chi connectivity index (χ0) is 9.47. The third-order valence-electron chi connectivity index (χ3n) is 3.54. The van der Waals surface area contributed by atoms with Crippen LogP contribution in [0.5, 0.6) is 0 Å². The van der Waals surface area contributed by atoms with E-state index in [0.29, 0.717) is 0 Å². The molecule has 13 heavy (non-hydrogen) atoms. The predicted octanol–water partition coefficient (Wildman–Crippen LogP) is -0.844. The van der Waals surface area contributed by atoms with Gasteiger partial charge >= 0.3 is 0 Å². The van der Waals surface area contributed by atoms with Crippen LogP contribution in [0.3, 0.4) is 0 Å². The molecule has 1 spiro atoms. The van der Waals surface area contributed by atoms with Gasteiger partial charge in [0.25, 0.3) is 0 Å². The highest BCUT2D eigenvalue weighted by molar-refractivity contribution is 5.85. The van der Waals surface area contributed by atoms with Crippen LogP contribution < -0.4 is 11.1 Å². The summed E-state index contributed by atoms with van der Waals surface area (Å²) in [6.45, 7) is 2.90. The zero-order valence-electron chi connectivity index (χ0n) is 8.05. The van der Waals surface area contributed by atoms with Crippen LogP contribution in [-0.4, -0.2) is 43.5 Å². The quantitative estimate of drug-likeness (QED) is 0.514. The first-order valence-corrected chi connectivity index (χ1v) is 4.86. The van der Waals surface area contributed by atoms with Gasteiger partial charge in [-0.05, 0) is 33.0 Å². The molecule has 4 heteroatoms. The van der Waals surface area contributed by atoms with Gasteiger partial charge in [0.1, 0.15) is 0 Å². The van der Waals surface area contributed by atoms with Crippen molar-refractivity contribution < 1.29 is 4.79 Å². The van der Waals surface area contributed by atoms with Crippen LogP contribution in [-0.2, 0) is 4.79 Å². The van der Waals surface area contributed by atoms with Gasteiger partial charge in [0, 0.05) is 12.0 Å². The zero-order valence-corrected chi connectivity index (χ0v) is 8.05. The molecule has 2 aliphatic heterocycles. The van der Waals surface area contributed by atoms with E-state index in [0.717, 1.165) is 32.5 Å². The fraction of sp³-hybridized carbons (Fsp3) is 0.889. The molecule has 1 atom stereocenters. The minimum atomic E-state index is -0.277. The number of carbonyl (C=O) groups is 1. The molecule has 1 amide bonds. The van der Waals surface area contributed by atoms with Gasteiger partial charge in [-0.15, -0.1) is 0 Å². The second kappa shape index (κ2) is 2.96. The highest BCUT2D eigenvalue weighted by atomic mass is 16.2. The molecule has 0 aromatic rings. The van der Waals surface area contributed by atoms with Crippen molar-refractivity contribution in [1.82, 2.24) is 10.2 Å². The number of likely N-dealkylation sites (tertiary alicyclic amines) is 1. The Morgan fingerprint density at radius 1 is 1.54 bits per heavy atom. The fourth-order valence-electron chi connectivity index (χ4n) is 2.31. The molecule has 2 fully saturated rings. The Morgan fingerprint density at radius 2 is 2.15 bits per heavy atom. The highest BCUT2D eigenvalue weighted by Gasteiger charge is 2.47. The first kappa shape index (κ1) is 8.97. The number of hydrogen-bond acceptors (Lipinski definition) is 3. The summed E-state index contributed by atoms with van der Waals surface area (Å²) in [5.41, 5.74) is 5.96. The summed E-state index contributed by atoms with van der Waals surface area (Å²) in [4.78, 5) is 13.6. The lowest BCUT2D eigenvalue weighted by atomic mass is 9.75. The molecule has 2 heterocycles. The molecule has 2 saturated heterocycles. The summed E-state index contributed by atoms with van der Waals surface area (Å²) in [5.74, 6) is 0.0320. The van der Waals surface area contributed by atoms with Crippen molar-refractivity contribution in [2.45, 2.75) is 18.9 Å². The minimum Gasteiger partial charge on any atom is -0.354 e. The number of piperidine rings is 1. The maximum Gasteiger partial charge on any atom is 0.237 e. The van der Waals surface area contributed by atoms with Gasteiger partial charge in [-0.2, -0.15) is 0 Å². The van der Waals surface area contributed by atoms with Crippen molar-refractivity contribution in [1.29, 1.82) is 0 Å². The van der Waals surface area contributed by atoms with Gasteiger partial charge in [0.05, 0.1) is 6.04 Å². The molecule has 0 aromatic heterocycles. The van der Waals surface area contributed by atoms with Gasteiger partial charge in [0.15, 0.2) is 0 Å². The maximum atomic E-state index is 11.3. The lowest BCUT2D eigenvalue weighted by molar-refractivity contribution is -0.121. The summed E-state index contributed by atoms with van der Waals surface area (Å²) < 4.78 is 0. The van der Waals surface area contributed by atoms with E-state index in [2.05, 4.69) is 17.3 Å². The number of nitrogens with two attached hydrogens (primary N) is 1. The van der Waals surface area contributed by atoms with E-state index in [4.69, 9.17) is 5.73 Å². The smallest absolute Gasteiger partial charge is 0.237 e. The second-order valence-corrected chi connectivity index (χ2v) is 4.36. The lowest BCUT2D eigenvalue weighted by Gasteiger charge is -2.38. The number of hydrogen-bond donors (Lipinski definition) is 2. The first-order chi connectivity index (χ1) is 6.14. The van der Waals surface area contributed by atoms with Gasteiger partial charge in [-0.25, -0.2) is 0 Å². The Kier molecular flexibility index (Phi) is 2.04. The van der Waals surface area contributed by atoms with E-state index >= 15 is 0 Å². The number of carbonyl (C=O) groups excluding carboxylic acids is 1. The van der Waals surface area contributed by atoms with Crippen molar-refractivity contribution in [3.05, 3.63) is 0 Å². The summed E-state index contributed by atoms with van der Waals surface area (Å²) in [6, 6.07) is -0.277. The largest absolute Gasteiger partial charge is 0.354 e. The van der Waals surface area contributed by atoms with E-state index in [-0.39, 0.29) is 17.4 Å². The Balaban J connectivity index is 2.09. The predicted molar refractivity (Wildman–Crippen MR) is 50.1 cm³/mol. The van der Waals surface area contributed by atoms with Crippen LogP contribution in [0.25, 0.3) is 0 Å². The normalized spacial score (nSPS) is 33.7. The molecule has 2 rings (SSSR count). The Hall–Kier alpha value is -0.610. The van der Waals surface area contributed by atoms with Crippen molar-refractivity contribution >= 4 is 5.91 Å². The van der Waals surface area contributed by atoms with Crippen LogP contribution in [0.1, 0.15) is 12.8 Å². The van der Waals surface area contributed by atoms with Crippen molar-refractivity contribution in [2.75, 3.05) is 26.7 Å². The van der Waals surface area contributed by atoms with E-state index < -0.39 is 0 Å². The van der Waals surface area contributed by atoms with Gasteiger partial charge < -0.3 is 16.0 Å². The molecule has 0 radical (unpaired) electrons. The van der Waals surface area contributed by atoms with Gasteiger partial charge in [-0.3, -0.25) is 4.79 Å². The maximum absolute atomic E-state index is 11.3. The van der Waals surface area contributed by atoms with Crippen molar-refractivity contribution in [3.8, 4) is 0 Å². The number of rotatable bonds is 0. The van der Waals surface area contributed by atoms with Crippen LogP contribution >= 0.6 is 0 Å². The van der Waals surface area contributed by atoms with Crippen LogP contribution in [0.15, 0.2) is 0 Å². The van der Waals surface area contributed by atoms with E-state index in [1.165, 1.54) is 0 Å². The highest BCUT2D eigenvalue weighted by Crippen LogP contribution is 2.36. The van der Waals surface area contributed by atoms with Gasteiger partial charge in [-0.1, -0.05) is 0 Å². The molecular weight excluding hydrogens is 166 g/mol. The summed E-state index contributed by atoms with van der Waals surface area (Å²) in [6.07, 6.45) is 2.09. The molecule has 0 aromatic carbocycles. The molecule has 2 aliphatic rings. The lowest BCUT2D eigenvalue weighted by Crippen LogP contribution is -2.49. The van der Waals surface area contributed by atoms with Crippen LogP contribution in [0.4, 0.5) is 0 Å². The number of amides is 1. The second-order valence-electron chi connectivity index (χ2n) is 4.36. The standard InChI is InChI=1S/C9H17N3O/c1-12-4-2-9(3-5-12)6-11-8(13)7(9)10/h7H,2-6,10H2,1H3,(H,11,13). The summed E-state index contributed by atoms with van der Waals surface area (Å²) in [5, 5.41) is 2.86. The average Bonchev–Trinajstić information content (AvgIpc) is 2.40. The van der Waals surface area contributed by atoms with Gasteiger partial charge in [0.2, 0.25) is 5.91 Å². The molecule has 1 unspecified atom stereocenters. The molecule has 4 nitrogen and oxygen atoms in total. The average molecular weight is 183 g/mol. The third kappa shape index (κ3) is 1.34. The Bertz CT molecular complexity index is 221. The monoisotopic (exact) mass is 183 g/mol. The van der Waals surface area contributed by atoms with E-state index in [1.807, 2.05) is 0 Å². The van der Waals surface area contributed by atoms with E-state index in [1.54, 1.807) is 0 Å². The molecule has 0 saturated carbocycles. The summed E-state index contributed by atoms with van der Waals surface area (Å²) in [7, 11) is 2.11. The molecule has 3 N–H and O–H groups in total. The number of nitrogens with one attached hydrogen (secondary N) is 1. The van der Waals surface area contributed by atoms with Crippen LogP contribution in [0.2, 0.25) is 0 Å². The SMILES string of the molecule is CN1CCC2(CC1)CNC(=O)C2N. The Morgan fingerprint density at radius 3 is 2.62 bits per heavy atom. The molecule has 0 aliphatic carbocycles. The number of nitrogens with zero attached hydrogens (tertiary/aromatic N) is 1. The summed E-state index contributed by atoms with van der Waals surface area (Å²) >= 11 is 0. The molecule has 0 bridgehead atoms. The topological polar surface area (TPSA) is 58.4 Å². The molecular formula is C9H17N3O. The fourth-order valence-corrected chi connectivity index (χ4v) is 2.31.